The van der Waals surface area contributed by atoms with E-state index in [-0.39, 0.29) is 5.91 Å². The number of hydrogen-bond acceptors (Lipinski definition) is 3. The Bertz CT molecular complexity index is 586. The topological polar surface area (TPSA) is 68.0 Å². The van der Waals surface area contributed by atoms with Gasteiger partial charge in [-0.3, -0.25) is 4.79 Å². The van der Waals surface area contributed by atoms with E-state index in [1.54, 1.807) is 30.3 Å². The molecule has 2 rings (SSSR count). The molecule has 0 atom stereocenters. The molecule has 4 nitrogen and oxygen atoms in total. The third-order valence-corrected chi connectivity index (χ3v) is 3.04. The molecule has 0 saturated carbocycles. The van der Waals surface area contributed by atoms with Gasteiger partial charge in [0, 0.05) is 4.47 Å². The molecule has 1 amide bonds. The van der Waals surface area contributed by atoms with Gasteiger partial charge < -0.3 is 11.1 Å². The van der Waals surface area contributed by atoms with Crippen LogP contribution in [0.15, 0.2) is 41.0 Å². The second kappa shape index (κ2) is 5.37. The van der Waals surface area contributed by atoms with Gasteiger partial charge in [-0.15, -0.1) is 0 Å². The van der Waals surface area contributed by atoms with Gasteiger partial charge in [0.2, 0.25) is 0 Å². The molecule has 92 valence electrons. The standard InChI is InChI=1S/C12H9BrClN3O/c13-7-1-3-10(14)9(5-7)12(18)17-8-2-4-11(15)16-6-8/h1-6H,(H2,15,16)(H,17,18). The molecule has 0 spiro atoms. The number of halogens is 2. The predicted octanol–water partition coefficient (Wildman–Crippen LogP) is 3.33. The maximum absolute atomic E-state index is 12.0. The van der Waals surface area contributed by atoms with Crippen molar-refractivity contribution in [3.8, 4) is 0 Å². The number of amides is 1. The summed E-state index contributed by atoms with van der Waals surface area (Å²) in [6.45, 7) is 0. The Morgan fingerprint density at radius 1 is 1.33 bits per heavy atom. The summed E-state index contributed by atoms with van der Waals surface area (Å²) in [6.07, 6.45) is 1.49. The van der Waals surface area contributed by atoms with Gasteiger partial charge in [-0.2, -0.15) is 0 Å². The van der Waals surface area contributed by atoms with E-state index in [1.807, 2.05) is 0 Å². The molecule has 3 N–H and O–H groups in total. The van der Waals surface area contributed by atoms with E-state index in [1.165, 1.54) is 6.20 Å². The van der Waals surface area contributed by atoms with Crippen LogP contribution in [0.1, 0.15) is 10.4 Å². The fourth-order valence-electron chi connectivity index (χ4n) is 1.35. The third kappa shape index (κ3) is 3.00. The van der Waals surface area contributed by atoms with Gasteiger partial charge in [0.1, 0.15) is 5.82 Å². The summed E-state index contributed by atoms with van der Waals surface area (Å²) in [5.41, 5.74) is 6.41. The fraction of sp³-hybridized carbons (Fsp3) is 0. The van der Waals surface area contributed by atoms with Crippen LogP contribution in [0.5, 0.6) is 0 Å². The minimum atomic E-state index is -0.298. The average Bonchev–Trinajstić information content (AvgIpc) is 2.35. The zero-order chi connectivity index (χ0) is 13.1. The molecule has 0 saturated heterocycles. The molecule has 0 aliphatic rings. The monoisotopic (exact) mass is 325 g/mol. The number of rotatable bonds is 2. The number of nitrogen functional groups attached to an aromatic ring is 1. The number of carbonyl (C=O) groups excluding carboxylic acids is 1. The lowest BCUT2D eigenvalue weighted by atomic mass is 10.2. The molecule has 1 aromatic heterocycles. The maximum atomic E-state index is 12.0. The van der Waals surface area contributed by atoms with Crippen molar-refractivity contribution in [3.05, 3.63) is 51.6 Å². The Labute approximate surface area is 117 Å². The lowest BCUT2D eigenvalue weighted by molar-refractivity contribution is 0.102. The van der Waals surface area contributed by atoms with E-state index in [4.69, 9.17) is 17.3 Å². The molecular weight excluding hydrogens is 318 g/mol. The molecule has 2 aromatic rings. The van der Waals surface area contributed by atoms with Gasteiger partial charge >= 0.3 is 0 Å². The SMILES string of the molecule is Nc1ccc(NC(=O)c2cc(Br)ccc2Cl)cn1. The van der Waals surface area contributed by atoms with Crippen LogP contribution in [0.3, 0.4) is 0 Å². The van der Waals surface area contributed by atoms with E-state index in [0.717, 1.165) is 4.47 Å². The van der Waals surface area contributed by atoms with Crippen LogP contribution in [0.4, 0.5) is 11.5 Å². The number of hydrogen-bond donors (Lipinski definition) is 2. The Kier molecular flexibility index (Phi) is 3.84. The summed E-state index contributed by atoms with van der Waals surface area (Å²) in [4.78, 5) is 15.9. The third-order valence-electron chi connectivity index (χ3n) is 2.22. The molecule has 0 unspecified atom stereocenters. The van der Waals surface area contributed by atoms with Crippen molar-refractivity contribution >= 4 is 44.9 Å². The first-order valence-corrected chi connectivity index (χ1v) is 6.21. The second-order valence-electron chi connectivity index (χ2n) is 3.55. The van der Waals surface area contributed by atoms with Crippen LogP contribution in [0, 0.1) is 0 Å². The molecule has 6 heteroatoms. The first-order valence-electron chi connectivity index (χ1n) is 5.04. The van der Waals surface area contributed by atoms with E-state index in [0.29, 0.717) is 22.1 Å². The molecule has 0 bridgehead atoms. The first kappa shape index (κ1) is 12.9. The van der Waals surface area contributed by atoms with E-state index in [2.05, 4.69) is 26.2 Å². The highest BCUT2D eigenvalue weighted by Gasteiger charge is 2.11. The molecule has 1 heterocycles. The number of pyridine rings is 1. The molecule has 0 radical (unpaired) electrons. The van der Waals surface area contributed by atoms with Gasteiger partial charge in [0.05, 0.1) is 22.5 Å². The lowest BCUT2D eigenvalue weighted by Gasteiger charge is -2.07. The van der Waals surface area contributed by atoms with Crippen molar-refractivity contribution in [1.29, 1.82) is 0 Å². The van der Waals surface area contributed by atoms with Crippen molar-refractivity contribution in [3.63, 3.8) is 0 Å². The van der Waals surface area contributed by atoms with Gasteiger partial charge in [-0.25, -0.2) is 4.98 Å². The maximum Gasteiger partial charge on any atom is 0.257 e. The van der Waals surface area contributed by atoms with Gasteiger partial charge in [0.25, 0.3) is 5.91 Å². The zero-order valence-electron chi connectivity index (χ0n) is 9.15. The smallest absolute Gasteiger partial charge is 0.257 e. The van der Waals surface area contributed by atoms with E-state index < -0.39 is 0 Å². The average molecular weight is 327 g/mol. The second-order valence-corrected chi connectivity index (χ2v) is 4.87. The Morgan fingerprint density at radius 3 is 2.78 bits per heavy atom. The van der Waals surface area contributed by atoms with Crippen LogP contribution < -0.4 is 11.1 Å². The van der Waals surface area contributed by atoms with Crippen molar-refractivity contribution < 1.29 is 4.79 Å². The van der Waals surface area contributed by atoms with Crippen LogP contribution >= 0.6 is 27.5 Å². The molecule has 1 aromatic carbocycles. The normalized spacial score (nSPS) is 10.1. The van der Waals surface area contributed by atoms with Crippen LogP contribution in [0.25, 0.3) is 0 Å². The lowest BCUT2D eigenvalue weighted by Crippen LogP contribution is -2.12. The zero-order valence-corrected chi connectivity index (χ0v) is 11.5. The molecule has 0 aliphatic carbocycles. The summed E-state index contributed by atoms with van der Waals surface area (Å²) >= 11 is 9.26. The molecule has 18 heavy (non-hydrogen) atoms. The Balaban J connectivity index is 2.21. The summed E-state index contributed by atoms with van der Waals surface area (Å²) < 4.78 is 0.785. The van der Waals surface area contributed by atoms with Crippen molar-refractivity contribution in [2.24, 2.45) is 0 Å². The predicted molar refractivity (Wildman–Crippen MR) is 75.8 cm³/mol. The van der Waals surface area contributed by atoms with Crippen molar-refractivity contribution in [2.45, 2.75) is 0 Å². The highest BCUT2D eigenvalue weighted by atomic mass is 79.9. The number of nitrogens with zero attached hydrogens (tertiary/aromatic N) is 1. The number of benzene rings is 1. The van der Waals surface area contributed by atoms with Crippen LogP contribution in [-0.4, -0.2) is 10.9 Å². The van der Waals surface area contributed by atoms with E-state index in [9.17, 15) is 4.79 Å². The Morgan fingerprint density at radius 2 is 2.11 bits per heavy atom. The molecule has 0 aliphatic heterocycles. The number of nitrogens with one attached hydrogen (secondary N) is 1. The van der Waals surface area contributed by atoms with Crippen LogP contribution in [0.2, 0.25) is 5.02 Å². The van der Waals surface area contributed by atoms with Crippen molar-refractivity contribution in [2.75, 3.05) is 11.1 Å². The fourth-order valence-corrected chi connectivity index (χ4v) is 1.91. The highest BCUT2D eigenvalue weighted by molar-refractivity contribution is 9.10. The number of carbonyl (C=O) groups is 1. The minimum Gasteiger partial charge on any atom is -0.384 e. The quantitative estimate of drug-likeness (QED) is 0.889. The number of aromatic nitrogens is 1. The number of anilines is 2. The highest BCUT2D eigenvalue weighted by Crippen LogP contribution is 2.22. The van der Waals surface area contributed by atoms with Gasteiger partial charge in [0.15, 0.2) is 0 Å². The molecule has 0 fully saturated rings. The van der Waals surface area contributed by atoms with Crippen LogP contribution in [-0.2, 0) is 0 Å². The largest absolute Gasteiger partial charge is 0.384 e. The van der Waals surface area contributed by atoms with Crippen molar-refractivity contribution in [1.82, 2.24) is 4.98 Å². The van der Waals surface area contributed by atoms with E-state index >= 15 is 0 Å². The summed E-state index contributed by atoms with van der Waals surface area (Å²) in [5.74, 6) is 0.0985. The van der Waals surface area contributed by atoms with Gasteiger partial charge in [-0.05, 0) is 30.3 Å². The summed E-state index contributed by atoms with van der Waals surface area (Å²) in [6, 6.07) is 8.36. The molecular formula is C12H9BrClN3O. The van der Waals surface area contributed by atoms with Gasteiger partial charge in [-0.1, -0.05) is 27.5 Å². The first-order chi connectivity index (χ1) is 8.56. The summed E-state index contributed by atoms with van der Waals surface area (Å²) in [5, 5.41) is 3.08. The minimum absolute atomic E-state index is 0.298. The Hall–Kier alpha value is -1.59. The summed E-state index contributed by atoms with van der Waals surface area (Å²) in [7, 11) is 0. The number of nitrogens with two attached hydrogens (primary N) is 1.